The molecule has 0 spiro atoms. The molecule has 1 amide bonds. The van der Waals surface area contributed by atoms with Crippen molar-refractivity contribution in [3.63, 3.8) is 0 Å². The molecule has 0 saturated carbocycles. The molecule has 312 valence electrons. The minimum Gasteiger partial charge on any atom is -0.444 e. The highest BCUT2D eigenvalue weighted by Crippen LogP contribution is 2.42. The van der Waals surface area contributed by atoms with E-state index in [4.69, 9.17) is 33.2 Å². The van der Waals surface area contributed by atoms with Crippen molar-refractivity contribution in [3.8, 4) is 0 Å². The predicted molar refractivity (Wildman–Crippen MR) is 216 cm³/mol. The van der Waals surface area contributed by atoms with Gasteiger partial charge in [0.1, 0.15) is 11.3 Å². The van der Waals surface area contributed by atoms with Crippen molar-refractivity contribution in [2.75, 3.05) is 32.6 Å². The molecular formula is C44H65NO10S. The number of rotatable bonds is 16. The van der Waals surface area contributed by atoms with Gasteiger partial charge in [-0.2, -0.15) is 0 Å². The molecule has 4 fully saturated rings. The van der Waals surface area contributed by atoms with Crippen LogP contribution in [0.4, 0.5) is 4.79 Å². The number of ether oxygens (including phenoxy) is 7. The summed E-state index contributed by atoms with van der Waals surface area (Å²) in [6.07, 6.45) is 6.94. The van der Waals surface area contributed by atoms with Gasteiger partial charge in [0.25, 0.3) is 0 Å². The summed E-state index contributed by atoms with van der Waals surface area (Å²) in [5.41, 5.74) is 0.495. The maximum absolute atomic E-state index is 13.9. The molecule has 10 atom stereocenters. The van der Waals surface area contributed by atoms with Crippen molar-refractivity contribution >= 4 is 15.9 Å². The molecule has 12 heteroatoms. The maximum atomic E-state index is 13.9. The van der Waals surface area contributed by atoms with Crippen LogP contribution in [0, 0.1) is 11.8 Å². The van der Waals surface area contributed by atoms with Gasteiger partial charge in [0, 0.05) is 32.3 Å². The largest absolute Gasteiger partial charge is 0.444 e. The zero-order chi connectivity index (χ0) is 40.8. The summed E-state index contributed by atoms with van der Waals surface area (Å²) in [6.45, 7) is 25.1. The Morgan fingerprint density at radius 1 is 1.00 bits per heavy atom. The topological polar surface area (TPSA) is 119 Å². The summed E-state index contributed by atoms with van der Waals surface area (Å²) in [7, 11) is -2.10. The van der Waals surface area contributed by atoms with Gasteiger partial charge >= 0.3 is 6.09 Å². The molecule has 11 nitrogen and oxygen atoms in total. The van der Waals surface area contributed by atoms with E-state index in [9.17, 15) is 13.2 Å². The van der Waals surface area contributed by atoms with Crippen molar-refractivity contribution in [2.24, 2.45) is 11.8 Å². The first-order valence-corrected chi connectivity index (χ1v) is 21.7. The molecule has 0 aromatic heterocycles. The maximum Gasteiger partial charge on any atom is 0.412 e. The van der Waals surface area contributed by atoms with Gasteiger partial charge in [0.2, 0.25) is 0 Å². The molecule has 0 radical (unpaired) electrons. The minimum absolute atomic E-state index is 0.0232. The van der Waals surface area contributed by atoms with Gasteiger partial charge in [-0.1, -0.05) is 56.5 Å². The third-order valence-corrected chi connectivity index (χ3v) is 13.1. The van der Waals surface area contributed by atoms with Gasteiger partial charge in [0.05, 0.1) is 79.2 Å². The number of methoxy groups -OCH3 is 1. The monoisotopic (exact) mass is 799 g/mol. The third kappa shape index (κ3) is 11.4. The number of hydrogen-bond donors (Lipinski definition) is 0. The standard InChI is InChI=1S/C44H65NO10S/c1-11-21-50-22-15-16-32-24-30(3)37(51-32)20-19-33-23-29(2)31(4)38(52-33)26-39-36(28-56(47,48)35-17-13-12-14-18-35)41(49-10)40(53-39)25-34-27-45(44(8,9)54-34)42(46)55-43(5,6)7/h11-18,29,32-34,36-41H,1,3-4,19-28H2,2,5-10H3/b16-15+/t29-,32+,33+,34+,36+,37?,38?,39+,40-,41-/m1/s1. The van der Waals surface area contributed by atoms with Crippen molar-refractivity contribution < 1.29 is 46.4 Å². The van der Waals surface area contributed by atoms with Crippen molar-refractivity contribution in [3.05, 3.63) is 79.4 Å². The van der Waals surface area contributed by atoms with E-state index >= 15 is 0 Å². The van der Waals surface area contributed by atoms with Crippen LogP contribution >= 0.6 is 0 Å². The highest BCUT2D eigenvalue weighted by Gasteiger charge is 2.51. The van der Waals surface area contributed by atoms with E-state index in [1.54, 1.807) is 48.4 Å². The van der Waals surface area contributed by atoms with E-state index < -0.39 is 51.5 Å². The summed E-state index contributed by atoms with van der Waals surface area (Å²) in [5.74, 6) is -0.457. The molecule has 4 saturated heterocycles. The first-order valence-electron chi connectivity index (χ1n) is 20.1. The van der Waals surface area contributed by atoms with Gasteiger partial charge < -0.3 is 33.2 Å². The Bertz CT molecular complexity index is 1650. The van der Waals surface area contributed by atoms with Crippen LogP contribution in [-0.2, 0) is 43.0 Å². The second-order valence-electron chi connectivity index (χ2n) is 17.2. The van der Waals surface area contributed by atoms with E-state index in [2.05, 4.69) is 26.7 Å². The number of hydrogen-bond acceptors (Lipinski definition) is 10. The number of sulfone groups is 1. The fraction of sp³-hybridized carbons (Fsp3) is 0.659. The van der Waals surface area contributed by atoms with E-state index in [0.717, 1.165) is 36.8 Å². The number of carbonyl (C=O) groups excluding carboxylic acids is 1. The number of carbonyl (C=O) groups is 1. The van der Waals surface area contributed by atoms with Crippen LogP contribution in [0.3, 0.4) is 0 Å². The van der Waals surface area contributed by atoms with E-state index in [1.807, 2.05) is 46.8 Å². The number of nitrogens with zero attached hydrogens (tertiary/aromatic N) is 1. The minimum atomic E-state index is -3.70. The highest BCUT2D eigenvalue weighted by molar-refractivity contribution is 7.91. The molecule has 2 unspecified atom stereocenters. The molecule has 56 heavy (non-hydrogen) atoms. The average Bonchev–Trinajstić information content (AvgIpc) is 3.75. The average molecular weight is 800 g/mol. The summed E-state index contributed by atoms with van der Waals surface area (Å²) in [4.78, 5) is 15.0. The molecule has 4 aliphatic heterocycles. The lowest BCUT2D eigenvalue weighted by molar-refractivity contribution is -0.0992. The summed E-state index contributed by atoms with van der Waals surface area (Å²) >= 11 is 0. The van der Waals surface area contributed by atoms with Crippen LogP contribution < -0.4 is 0 Å². The molecule has 4 heterocycles. The number of benzene rings is 1. The van der Waals surface area contributed by atoms with Gasteiger partial charge in [-0.15, -0.1) is 6.58 Å². The van der Waals surface area contributed by atoms with Gasteiger partial charge in [-0.3, -0.25) is 4.90 Å². The van der Waals surface area contributed by atoms with E-state index in [1.165, 1.54) is 0 Å². The zero-order valence-electron chi connectivity index (χ0n) is 34.5. The fourth-order valence-corrected chi connectivity index (χ4v) is 10.2. The van der Waals surface area contributed by atoms with E-state index in [0.29, 0.717) is 32.6 Å². The molecule has 1 aromatic rings. The van der Waals surface area contributed by atoms with Gasteiger partial charge in [0.15, 0.2) is 9.84 Å². The second kappa shape index (κ2) is 18.8. The van der Waals surface area contributed by atoms with Crippen molar-refractivity contribution in [1.82, 2.24) is 4.90 Å². The Kier molecular flexibility index (Phi) is 14.9. The van der Waals surface area contributed by atoms with Gasteiger partial charge in [-0.25, -0.2) is 13.2 Å². The predicted octanol–water partition coefficient (Wildman–Crippen LogP) is 7.61. The van der Waals surface area contributed by atoms with Crippen molar-refractivity contribution in [2.45, 2.75) is 145 Å². The molecular weight excluding hydrogens is 735 g/mol. The smallest absolute Gasteiger partial charge is 0.412 e. The van der Waals surface area contributed by atoms with Gasteiger partial charge in [-0.05, 0) is 83.1 Å². The summed E-state index contributed by atoms with van der Waals surface area (Å²) in [6, 6.07) is 8.50. The van der Waals surface area contributed by atoms with Crippen LogP contribution in [0.25, 0.3) is 0 Å². The van der Waals surface area contributed by atoms with Crippen LogP contribution in [0.15, 0.2) is 84.3 Å². The first-order chi connectivity index (χ1) is 26.4. The quantitative estimate of drug-likeness (QED) is 0.122. The Morgan fingerprint density at radius 2 is 1.73 bits per heavy atom. The Balaban J connectivity index is 1.29. The van der Waals surface area contributed by atoms with E-state index in [-0.39, 0.29) is 47.1 Å². The lowest BCUT2D eigenvalue weighted by Crippen LogP contribution is -2.46. The van der Waals surface area contributed by atoms with Crippen LogP contribution in [0.2, 0.25) is 0 Å². The molecule has 5 rings (SSSR count). The Hall–Kier alpha value is -2.84. The van der Waals surface area contributed by atoms with Crippen LogP contribution in [-0.4, -0.2) is 112 Å². The lowest BCUT2D eigenvalue weighted by Gasteiger charge is -2.38. The molecule has 1 aromatic carbocycles. The molecule has 4 aliphatic rings. The third-order valence-electron chi connectivity index (χ3n) is 11.3. The summed E-state index contributed by atoms with van der Waals surface area (Å²) in [5, 5.41) is 0. The SMILES string of the molecule is C=CCOC/C=C/[C@H]1CC(=C)C(CC[C@H]2C[C@@H](C)C(=C)C(C[C@@H]3O[C@H](C[C@H]4CN(C(=O)OC(C)(C)C)C(C)(C)O4)[C@H](OC)[C@H]3CS(=O)(=O)c3ccccc3)O2)O1. The molecule has 0 N–H and O–H groups in total. The number of amides is 1. The fourth-order valence-electron chi connectivity index (χ4n) is 8.48. The second-order valence-corrected chi connectivity index (χ2v) is 19.3. The normalized spacial score (nSPS) is 32.4. The van der Waals surface area contributed by atoms with Crippen LogP contribution in [0.5, 0.6) is 0 Å². The Morgan fingerprint density at radius 3 is 2.41 bits per heavy atom. The molecule has 0 bridgehead atoms. The Labute approximate surface area is 335 Å². The van der Waals surface area contributed by atoms with Crippen LogP contribution in [0.1, 0.15) is 80.1 Å². The zero-order valence-corrected chi connectivity index (χ0v) is 35.3. The summed E-state index contributed by atoms with van der Waals surface area (Å²) < 4.78 is 71.4. The highest BCUT2D eigenvalue weighted by atomic mass is 32.2. The van der Waals surface area contributed by atoms with Crippen molar-refractivity contribution in [1.29, 1.82) is 0 Å². The molecule has 0 aliphatic carbocycles. The lowest BCUT2D eigenvalue weighted by atomic mass is 9.83. The first kappa shape index (κ1) is 44.3.